The molecule has 1 aromatic rings. The van der Waals surface area contributed by atoms with E-state index >= 15 is 0 Å². The van der Waals surface area contributed by atoms with Gasteiger partial charge in [-0.25, -0.2) is 0 Å². The number of hydrogen-bond donors (Lipinski definition) is 1. The number of hydrogen-bond acceptors (Lipinski definition) is 2. The first-order chi connectivity index (χ1) is 10.4. The van der Waals surface area contributed by atoms with Crippen LogP contribution in [0.25, 0.3) is 0 Å². The van der Waals surface area contributed by atoms with Crippen molar-refractivity contribution in [3.05, 3.63) is 35.4 Å². The van der Waals surface area contributed by atoms with E-state index in [2.05, 4.69) is 41.4 Å². The fraction of sp³-hybridized carbons (Fsp3) is 0.684. The van der Waals surface area contributed by atoms with Crippen LogP contribution in [-0.2, 0) is 12.8 Å². The molecule has 0 bridgehead atoms. The maximum absolute atomic E-state index is 3.49. The second-order valence-electron chi connectivity index (χ2n) is 6.85. The van der Waals surface area contributed by atoms with Gasteiger partial charge in [0.1, 0.15) is 0 Å². The molecule has 1 aromatic carbocycles. The zero-order chi connectivity index (χ0) is 14.5. The highest BCUT2D eigenvalue weighted by atomic mass is 15.2. The van der Waals surface area contributed by atoms with Crippen molar-refractivity contribution in [3.63, 3.8) is 0 Å². The van der Waals surface area contributed by atoms with Gasteiger partial charge in [-0.1, -0.05) is 31.2 Å². The Morgan fingerprint density at radius 1 is 1.10 bits per heavy atom. The molecule has 1 saturated heterocycles. The molecular formula is C19H30N2. The number of piperidine rings is 1. The predicted molar refractivity (Wildman–Crippen MR) is 89.7 cm³/mol. The molecule has 2 aliphatic rings. The minimum Gasteiger partial charge on any atom is -0.317 e. The summed E-state index contributed by atoms with van der Waals surface area (Å²) in [5.74, 6) is 0.912. The zero-order valence-corrected chi connectivity index (χ0v) is 13.5. The lowest BCUT2D eigenvalue weighted by Crippen LogP contribution is -2.44. The van der Waals surface area contributed by atoms with Gasteiger partial charge < -0.3 is 5.32 Å². The van der Waals surface area contributed by atoms with E-state index in [1.165, 1.54) is 64.7 Å². The molecular weight excluding hydrogens is 256 g/mol. The largest absolute Gasteiger partial charge is 0.317 e. The normalized spacial score (nSPS) is 23.2. The zero-order valence-electron chi connectivity index (χ0n) is 13.5. The van der Waals surface area contributed by atoms with Crippen molar-refractivity contribution in [2.75, 3.05) is 26.2 Å². The Kier molecular flexibility index (Phi) is 5.32. The van der Waals surface area contributed by atoms with Gasteiger partial charge in [-0.15, -0.1) is 0 Å². The monoisotopic (exact) mass is 286 g/mol. The maximum atomic E-state index is 3.49. The highest BCUT2D eigenvalue weighted by Gasteiger charge is 2.26. The number of fused-ring (bicyclic) bond motifs is 1. The summed E-state index contributed by atoms with van der Waals surface area (Å²) in [5, 5.41) is 3.49. The molecule has 1 N–H and O–H groups in total. The number of rotatable bonds is 5. The summed E-state index contributed by atoms with van der Waals surface area (Å²) in [6, 6.07) is 9.84. The second-order valence-corrected chi connectivity index (χ2v) is 6.85. The van der Waals surface area contributed by atoms with Crippen molar-refractivity contribution in [1.82, 2.24) is 10.2 Å². The van der Waals surface area contributed by atoms with Crippen LogP contribution >= 0.6 is 0 Å². The first kappa shape index (κ1) is 15.1. The molecule has 1 fully saturated rings. The van der Waals surface area contributed by atoms with E-state index in [4.69, 9.17) is 0 Å². The highest BCUT2D eigenvalue weighted by Crippen LogP contribution is 2.26. The van der Waals surface area contributed by atoms with Gasteiger partial charge in [-0.2, -0.15) is 0 Å². The van der Waals surface area contributed by atoms with Gasteiger partial charge >= 0.3 is 0 Å². The van der Waals surface area contributed by atoms with E-state index in [1.807, 2.05) is 0 Å². The quantitative estimate of drug-likeness (QED) is 0.894. The summed E-state index contributed by atoms with van der Waals surface area (Å²) in [5.41, 5.74) is 3.19. The Balaban J connectivity index is 1.64. The van der Waals surface area contributed by atoms with Crippen LogP contribution in [0.1, 0.15) is 43.7 Å². The summed E-state index contributed by atoms with van der Waals surface area (Å²) in [4.78, 5) is 2.81. The van der Waals surface area contributed by atoms with Crippen LogP contribution in [0.4, 0.5) is 0 Å². The molecule has 21 heavy (non-hydrogen) atoms. The standard InChI is InChI=1S/C19H30N2/c1-2-13-21(15-16-9-11-20-12-10-16)19-8-7-17-5-3-4-6-18(17)14-19/h3-6,16,19-20H,2,7-15H2,1H3. The lowest BCUT2D eigenvalue weighted by atomic mass is 9.86. The number of benzene rings is 1. The van der Waals surface area contributed by atoms with Crippen LogP contribution < -0.4 is 5.32 Å². The summed E-state index contributed by atoms with van der Waals surface area (Å²) < 4.78 is 0. The molecule has 0 saturated carbocycles. The molecule has 0 spiro atoms. The molecule has 1 atom stereocenters. The molecule has 0 radical (unpaired) electrons. The van der Waals surface area contributed by atoms with E-state index in [0.717, 1.165) is 12.0 Å². The Bertz CT molecular complexity index is 437. The number of nitrogens with one attached hydrogen (secondary N) is 1. The lowest BCUT2D eigenvalue weighted by molar-refractivity contribution is 0.140. The number of nitrogens with zero attached hydrogens (tertiary/aromatic N) is 1. The lowest BCUT2D eigenvalue weighted by Gasteiger charge is -2.38. The topological polar surface area (TPSA) is 15.3 Å². The van der Waals surface area contributed by atoms with Crippen LogP contribution in [0, 0.1) is 5.92 Å². The third kappa shape index (κ3) is 3.87. The SMILES string of the molecule is CCCN(CC1CCNCC1)C1CCc2ccccc2C1. The third-order valence-corrected chi connectivity index (χ3v) is 5.30. The van der Waals surface area contributed by atoms with Crippen LogP contribution in [0.5, 0.6) is 0 Å². The summed E-state index contributed by atoms with van der Waals surface area (Å²) in [7, 11) is 0. The predicted octanol–water partition coefficient (Wildman–Crippen LogP) is 3.26. The van der Waals surface area contributed by atoms with Crippen LogP contribution in [-0.4, -0.2) is 37.1 Å². The Hall–Kier alpha value is -0.860. The molecule has 3 rings (SSSR count). The minimum atomic E-state index is 0.773. The molecule has 1 heterocycles. The average molecular weight is 286 g/mol. The fourth-order valence-electron chi connectivity index (χ4n) is 4.10. The fourth-order valence-corrected chi connectivity index (χ4v) is 4.10. The van der Waals surface area contributed by atoms with E-state index in [-0.39, 0.29) is 0 Å². The molecule has 0 amide bonds. The van der Waals surface area contributed by atoms with Crippen molar-refractivity contribution < 1.29 is 0 Å². The maximum Gasteiger partial charge on any atom is 0.0139 e. The van der Waals surface area contributed by atoms with Crippen molar-refractivity contribution in [3.8, 4) is 0 Å². The minimum absolute atomic E-state index is 0.773. The molecule has 2 nitrogen and oxygen atoms in total. The smallest absolute Gasteiger partial charge is 0.0139 e. The van der Waals surface area contributed by atoms with Gasteiger partial charge in [0.25, 0.3) is 0 Å². The Morgan fingerprint density at radius 3 is 2.62 bits per heavy atom. The first-order valence-electron chi connectivity index (χ1n) is 8.88. The molecule has 1 unspecified atom stereocenters. The van der Waals surface area contributed by atoms with Gasteiger partial charge in [-0.3, -0.25) is 4.90 Å². The molecule has 0 aromatic heterocycles. The average Bonchev–Trinajstić information content (AvgIpc) is 2.55. The van der Waals surface area contributed by atoms with Crippen molar-refractivity contribution in [2.45, 2.75) is 51.5 Å². The van der Waals surface area contributed by atoms with E-state index < -0.39 is 0 Å². The summed E-state index contributed by atoms with van der Waals surface area (Å²) in [6.07, 6.45) is 7.90. The third-order valence-electron chi connectivity index (χ3n) is 5.30. The Morgan fingerprint density at radius 2 is 1.86 bits per heavy atom. The number of aryl methyl sites for hydroxylation is 1. The van der Waals surface area contributed by atoms with Gasteiger partial charge in [0.15, 0.2) is 0 Å². The molecule has 2 heteroatoms. The van der Waals surface area contributed by atoms with Crippen LogP contribution in [0.15, 0.2) is 24.3 Å². The van der Waals surface area contributed by atoms with Crippen molar-refractivity contribution in [2.24, 2.45) is 5.92 Å². The molecule has 1 aliphatic heterocycles. The van der Waals surface area contributed by atoms with Gasteiger partial charge in [-0.05, 0) is 75.2 Å². The van der Waals surface area contributed by atoms with Gasteiger partial charge in [0, 0.05) is 12.6 Å². The van der Waals surface area contributed by atoms with E-state index in [1.54, 1.807) is 11.1 Å². The van der Waals surface area contributed by atoms with Crippen LogP contribution in [0.3, 0.4) is 0 Å². The van der Waals surface area contributed by atoms with E-state index in [0.29, 0.717) is 0 Å². The van der Waals surface area contributed by atoms with Gasteiger partial charge in [0.05, 0.1) is 0 Å². The second kappa shape index (κ2) is 7.42. The van der Waals surface area contributed by atoms with Crippen molar-refractivity contribution >= 4 is 0 Å². The first-order valence-corrected chi connectivity index (χ1v) is 8.88. The van der Waals surface area contributed by atoms with Gasteiger partial charge in [0.2, 0.25) is 0 Å². The summed E-state index contributed by atoms with van der Waals surface area (Å²) in [6.45, 7) is 7.36. The molecule has 116 valence electrons. The Labute approximate surface area is 129 Å². The van der Waals surface area contributed by atoms with E-state index in [9.17, 15) is 0 Å². The van der Waals surface area contributed by atoms with Crippen molar-refractivity contribution in [1.29, 1.82) is 0 Å². The highest BCUT2D eigenvalue weighted by molar-refractivity contribution is 5.30. The molecule has 1 aliphatic carbocycles. The summed E-state index contributed by atoms with van der Waals surface area (Å²) >= 11 is 0. The van der Waals surface area contributed by atoms with Crippen LogP contribution in [0.2, 0.25) is 0 Å².